The number of nitrogens with one attached hydrogen (secondary N) is 2. The summed E-state index contributed by atoms with van der Waals surface area (Å²) in [4.78, 5) is 12.5. The molecule has 1 amide bonds. The number of carbonyl (C=O) groups is 1. The van der Waals surface area contributed by atoms with Crippen molar-refractivity contribution in [1.29, 1.82) is 0 Å². The van der Waals surface area contributed by atoms with E-state index in [2.05, 4.69) is 10.0 Å². The van der Waals surface area contributed by atoms with Crippen LogP contribution in [0.3, 0.4) is 0 Å². The molecule has 0 fully saturated rings. The Labute approximate surface area is 147 Å². The molecule has 1 aromatic carbocycles. The molecule has 130 valence electrons. The smallest absolute Gasteiger partial charge is 0.250 e. The highest BCUT2D eigenvalue weighted by Gasteiger charge is 2.28. The van der Waals surface area contributed by atoms with Crippen molar-refractivity contribution in [2.24, 2.45) is 5.92 Å². The third kappa shape index (κ3) is 4.66. The maximum absolute atomic E-state index is 12.5. The SMILES string of the molecule is Cc1ccccc1CNC(=O)[C@H](NS(=O)(=O)c1cccs1)C(C)C. The van der Waals surface area contributed by atoms with Gasteiger partial charge in [0.25, 0.3) is 10.0 Å². The summed E-state index contributed by atoms with van der Waals surface area (Å²) in [7, 11) is -3.69. The molecule has 1 heterocycles. The van der Waals surface area contributed by atoms with Crippen molar-refractivity contribution in [3.8, 4) is 0 Å². The fourth-order valence-electron chi connectivity index (χ4n) is 2.23. The first kappa shape index (κ1) is 18.6. The molecule has 1 aromatic heterocycles. The van der Waals surface area contributed by atoms with E-state index in [4.69, 9.17) is 0 Å². The number of sulfonamides is 1. The Morgan fingerprint density at radius 2 is 1.88 bits per heavy atom. The van der Waals surface area contributed by atoms with Crippen LogP contribution in [0.1, 0.15) is 25.0 Å². The minimum atomic E-state index is -3.69. The number of hydrogen-bond acceptors (Lipinski definition) is 4. The van der Waals surface area contributed by atoms with Crippen LogP contribution in [-0.4, -0.2) is 20.4 Å². The van der Waals surface area contributed by atoms with Crippen LogP contribution in [0.4, 0.5) is 0 Å². The molecule has 0 saturated heterocycles. The van der Waals surface area contributed by atoms with Gasteiger partial charge < -0.3 is 5.32 Å². The first-order valence-corrected chi connectivity index (χ1v) is 10.1. The van der Waals surface area contributed by atoms with Crippen LogP contribution in [0.5, 0.6) is 0 Å². The molecule has 1 atom stereocenters. The molecule has 0 bridgehead atoms. The summed E-state index contributed by atoms with van der Waals surface area (Å²) < 4.78 is 27.4. The van der Waals surface area contributed by atoms with Gasteiger partial charge in [-0.25, -0.2) is 8.42 Å². The summed E-state index contributed by atoms with van der Waals surface area (Å²) in [6.07, 6.45) is 0. The van der Waals surface area contributed by atoms with Gasteiger partial charge in [0.2, 0.25) is 5.91 Å². The molecule has 2 N–H and O–H groups in total. The van der Waals surface area contributed by atoms with E-state index in [1.165, 1.54) is 6.07 Å². The van der Waals surface area contributed by atoms with Crippen molar-refractivity contribution in [3.05, 3.63) is 52.9 Å². The molecule has 0 radical (unpaired) electrons. The van der Waals surface area contributed by atoms with Gasteiger partial charge in [0.1, 0.15) is 10.3 Å². The third-order valence-electron chi connectivity index (χ3n) is 3.71. The van der Waals surface area contributed by atoms with Gasteiger partial charge in [-0.1, -0.05) is 44.2 Å². The monoisotopic (exact) mass is 366 g/mol. The normalized spacial score (nSPS) is 13.0. The van der Waals surface area contributed by atoms with E-state index in [1.807, 2.05) is 45.0 Å². The Kier molecular flexibility index (Phi) is 6.15. The van der Waals surface area contributed by atoms with Crippen LogP contribution in [0, 0.1) is 12.8 Å². The second-order valence-corrected chi connectivity index (χ2v) is 8.81. The second kappa shape index (κ2) is 7.92. The van der Waals surface area contributed by atoms with Crippen molar-refractivity contribution >= 4 is 27.3 Å². The summed E-state index contributed by atoms with van der Waals surface area (Å²) in [5, 5.41) is 4.52. The number of thiophene rings is 1. The Morgan fingerprint density at radius 1 is 1.17 bits per heavy atom. The van der Waals surface area contributed by atoms with E-state index in [-0.39, 0.29) is 16.0 Å². The lowest BCUT2D eigenvalue weighted by molar-refractivity contribution is -0.123. The first-order valence-electron chi connectivity index (χ1n) is 7.69. The standard InChI is InChI=1S/C17H22N2O3S2/c1-12(2)16(19-24(21,22)15-9-6-10-23-15)17(20)18-11-14-8-5-4-7-13(14)3/h4-10,12,16,19H,11H2,1-3H3,(H,18,20)/t16-/m1/s1. The number of rotatable bonds is 7. The zero-order valence-electron chi connectivity index (χ0n) is 13.9. The topological polar surface area (TPSA) is 75.3 Å². The maximum atomic E-state index is 12.5. The fraction of sp³-hybridized carbons (Fsp3) is 0.353. The summed E-state index contributed by atoms with van der Waals surface area (Å²) in [5.74, 6) is -0.495. The van der Waals surface area contributed by atoms with Gasteiger partial charge >= 0.3 is 0 Å². The second-order valence-electron chi connectivity index (χ2n) is 5.92. The predicted molar refractivity (Wildman–Crippen MR) is 96.3 cm³/mol. The van der Waals surface area contributed by atoms with Crippen molar-refractivity contribution in [3.63, 3.8) is 0 Å². The Bertz CT molecular complexity index is 784. The van der Waals surface area contributed by atoms with Crippen LogP contribution in [-0.2, 0) is 21.4 Å². The van der Waals surface area contributed by atoms with E-state index in [9.17, 15) is 13.2 Å². The Morgan fingerprint density at radius 3 is 2.46 bits per heavy atom. The molecular formula is C17H22N2O3S2. The van der Waals surface area contributed by atoms with Crippen molar-refractivity contribution in [2.75, 3.05) is 0 Å². The molecule has 0 aliphatic heterocycles. The van der Waals surface area contributed by atoms with Crippen LogP contribution >= 0.6 is 11.3 Å². The molecule has 24 heavy (non-hydrogen) atoms. The van der Waals surface area contributed by atoms with Crippen LogP contribution < -0.4 is 10.0 Å². The van der Waals surface area contributed by atoms with Gasteiger partial charge in [-0.05, 0) is 35.4 Å². The van der Waals surface area contributed by atoms with Crippen molar-refractivity contribution < 1.29 is 13.2 Å². The van der Waals surface area contributed by atoms with Gasteiger partial charge in [-0.15, -0.1) is 11.3 Å². The van der Waals surface area contributed by atoms with Gasteiger partial charge in [-0.2, -0.15) is 4.72 Å². The van der Waals surface area contributed by atoms with E-state index in [0.29, 0.717) is 6.54 Å². The first-order chi connectivity index (χ1) is 11.3. The minimum Gasteiger partial charge on any atom is -0.351 e. The van der Waals surface area contributed by atoms with Crippen molar-refractivity contribution in [2.45, 2.75) is 37.6 Å². The highest BCUT2D eigenvalue weighted by atomic mass is 32.2. The van der Waals surface area contributed by atoms with Gasteiger partial charge in [-0.3, -0.25) is 4.79 Å². The van der Waals surface area contributed by atoms with Gasteiger partial charge in [0.05, 0.1) is 0 Å². The molecule has 0 aliphatic carbocycles. The maximum Gasteiger partial charge on any atom is 0.250 e. The zero-order chi connectivity index (χ0) is 17.7. The number of carbonyl (C=O) groups excluding carboxylic acids is 1. The quantitative estimate of drug-likeness (QED) is 0.791. The van der Waals surface area contributed by atoms with Crippen LogP contribution in [0.25, 0.3) is 0 Å². The van der Waals surface area contributed by atoms with E-state index < -0.39 is 16.1 Å². The number of amides is 1. The number of aryl methyl sites for hydroxylation is 1. The summed E-state index contributed by atoms with van der Waals surface area (Å²) in [6, 6.07) is 10.1. The summed E-state index contributed by atoms with van der Waals surface area (Å²) >= 11 is 1.13. The molecule has 2 rings (SSSR count). The molecule has 0 saturated carbocycles. The number of hydrogen-bond donors (Lipinski definition) is 2. The molecule has 7 heteroatoms. The minimum absolute atomic E-state index is 0.170. The Hall–Kier alpha value is -1.70. The van der Waals surface area contributed by atoms with Crippen LogP contribution in [0.15, 0.2) is 46.0 Å². The third-order valence-corrected chi connectivity index (χ3v) is 6.54. The highest BCUT2D eigenvalue weighted by molar-refractivity contribution is 7.91. The molecular weight excluding hydrogens is 344 g/mol. The fourth-order valence-corrected chi connectivity index (χ4v) is 4.59. The lowest BCUT2D eigenvalue weighted by Gasteiger charge is -2.21. The van der Waals surface area contributed by atoms with E-state index in [0.717, 1.165) is 22.5 Å². The van der Waals surface area contributed by atoms with Crippen LogP contribution in [0.2, 0.25) is 0 Å². The lowest BCUT2D eigenvalue weighted by atomic mass is 10.0. The molecule has 2 aromatic rings. The summed E-state index contributed by atoms with van der Waals surface area (Å²) in [5.41, 5.74) is 2.09. The Balaban J connectivity index is 2.07. The lowest BCUT2D eigenvalue weighted by Crippen LogP contribution is -2.49. The zero-order valence-corrected chi connectivity index (χ0v) is 15.6. The number of benzene rings is 1. The van der Waals surface area contributed by atoms with E-state index >= 15 is 0 Å². The predicted octanol–water partition coefficient (Wildman–Crippen LogP) is 2.68. The average Bonchev–Trinajstić information content (AvgIpc) is 3.06. The van der Waals surface area contributed by atoms with Gasteiger partial charge in [0, 0.05) is 6.54 Å². The summed E-state index contributed by atoms with van der Waals surface area (Å²) in [6.45, 7) is 5.97. The molecule has 0 unspecified atom stereocenters. The largest absolute Gasteiger partial charge is 0.351 e. The van der Waals surface area contributed by atoms with Crippen molar-refractivity contribution in [1.82, 2.24) is 10.0 Å². The molecule has 0 spiro atoms. The average molecular weight is 367 g/mol. The molecule has 5 nitrogen and oxygen atoms in total. The van der Waals surface area contributed by atoms with Gasteiger partial charge in [0.15, 0.2) is 0 Å². The van der Waals surface area contributed by atoms with E-state index in [1.54, 1.807) is 11.4 Å². The molecule has 0 aliphatic rings. The highest BCUT2D eigenvalue weighted by Crippen LogP contribution is 2.17.